The minimum atomic E-state index is -0.115. The standard InChI is InChI=1S/C30H34ClN3O2/c1-21-17-22(2)26(23(3)18-21)19-34-28-10-7-6-9-27(28)33-29(34)11-5-4-8-16-32-30(35)20-36-25-14-12-24(31)13-15-25/h6-7,9-10,12-15,17-18H,4-5,8,11,16,19-20H2,1-3H3,(H,32,35). The van der Waals surface area contributed by atoms with Gasteiger partial charge >= 0.3 is 0 Å². The number of halogens is 1. The predicted octanol–water partition coefficient (Wildman–Crippen LogP) is 6.57. The highest BCUT2D eigenvalue weighted by Crippen LogP contribution is 2.23. The van der Waals surface area contributed by atoms with Crippen LogP contribution in [0.1, 0.15) is 47.3 Å². The number of amides is 1. The fourth-order valence-electron chi connectivity index (χ4n) is 4.65. The Labute approximate surface area is 218 Å². The maximum atomic E-state index is 12.1. The summed E-state index contributed by atoms with van der Waals surface area (Å²) in [5, 5.41) is 3.58. The Morgan fingerprint density at radius 1 is 0.972 bits per heavy atom. The molecule has 4 rings (SSSR count). The topological polar surface area (TPSA) is 56.2 Å². The van der Waals surface area contributed by atoms with Crippen LogP contribution in [0.4, 0.5) is 0 Å². The lowest BCUT2D eigenvalue weighted by molar-refractivity contribution is -0.123. The van der Waals surface area contributed by atoms with Gasteiger partial charge in [0, 0.05) is 24.5 Å². The predicted molar refractivity (Wildman–Crippen MR) is 147 cm³/mol. The Morgan fingerprint density at radius 2 is 1.69 bits per heavy atom. The molecular formula is C30H34ClN3O2. The molecule has 0 fully saturated rings. The van der Waals surface area contributed by atoms with Crippen LogP contribution in [0.3, 0.4) is 0 Å². The molecule has 0 saturated carbocycles. The molecule has 0 atom stereocenters. The fourth-order valence-corrected chi connectivity index (χ4v) is 4.78. The van der Waals surface area contributed by atoms with E-state index in [0.29, 0.717) is 17.3 Å². The summed E-state index contributed by atoms with van der Waals surface area (Å²) in [5.41, 5.74) is 7.54. The van der Waals surface area contributed by atoms with Crippen molar-refractivity contribution in [1.29, 1.82) is 0 Å². The van der Waals surface area contributed by atoms with Crippen LogP contribution in [-0.2, 0) is 17.8 Å². The van der Waals surface area contributed by atoms with E-state index in [4.69, 9.17) is 21.3 Å². The first kappa shape index (κ1) is 25.8. The largest absolute Gasteiger partial charge is 0.484 e. The van der Waals surface area contributed by atoms with Crippen LogP contribution in [0.15, 0.2) is 60.7 Å². The van der Waals surface area contributed by atoms with Gasteiger partial charge in [-0.2, -0.15) is 0 Å². The van der Waals surface area contributed by atoms with E-state index in [2.05, 4.69) is 61.0 Å². The second-order valence-corrected chi connectivity index (χ2v) is 9.82. The van der Waals surface area contributed by atoms with Crippen molar-refractivity contribution < 1.29 is 9.53 Å². The molecule has 0 aliphatic carbocycles. The van der Waals surface area contributed by atoms with Crippen molar-refractivity contribution in [2.75, 3.05) is 13.2 Å². The Balaban J connectivity index is 1.28. The van der Waals surface area contributed by atoms with Crippen LogP contribution in [0.25, 0.3) is 11.0 Å². The number of imidazole rings is 1. The molecule has 0 unspecified atom stereocenters. The number of carbonyl (C=O) groups is 1. The van der Waals surface area contributed by atoms with Gasteiger partial charge in [-0.05, 0) is 86.7 Å². The molecule has 0 spiro atoms. The Morgan fingerprint density at radius 3 is 2.44 bits per heavy atom. The number of rotatable bonds is 11. The summed E-state index contributed by atoms with van der Waals surface area (Å²) in [5.74, 6) is 1.64. The first-order valence-corrected chi connectivity index (χ1v) is 12.9. The smallest absolute Gasteiger partial charge is 0.257 e. The molecule has 1 aromatic heterocycles. The number of nitrogens with zero attached hydrogens (tertiary/aromatic N) is 2. The lowest BCUT2D eigenvalue weighted by Gasteiger charge is -2.15. The zero-order valence-corrected chi connectivity index (χ0v) is 22.1. The van der Waals surface area contributed by atoms with Crippen molar-refractivity contribution in [3.63, 3.8) is 0 Å². The third-order valence-electron chi connectivity index (χ3n) is 6.47. The number of unbranched alkanes of at least 4 members (excludes halogenated alkanes) is 2. The van der Waals surface area contributed by atoms with Gasteiger partial charge in [-0.3, -0.25) is 4.79 Å². The summed E-state index contributed by atoms with van der Waals surface area (Å²) < 4.78 is 7.86. The number of para-hydroxylation sites is 2. The van der Waals surface area contributed by atoms with Crippen LogP contribution < -0.4 is 10.1 Å². The molecular weight excluding hydrogens is 470 g/mol. The van der Waals surface area contributed by atoms with Gasteiger partial charge in [-0.1, -0.05) is 47.9 Å². The van der Waals surface area contributed by atoms with Crippen molar-refractivity contribution in [2.45, 2.75) is 53.0 Å². The van der Waals surface area contributed by atoms with Gasteiger partial charge in [-0.25, -0.2) is 4.98 Å². The summed E-state index contributed by atoms with van der Waals surface area (Å²) in [6.07, 6.45) is 3.87. The van der Waals surface area contributed by atoms with Gasteiger partial charge in [-0.15, -0.1) is 0 Å². The van der Waals surface area contributed by atoms with Gasteiger partial charge in [0.25, 0.3) is 5.91 Å². The molecule has 1 heterocycles. The average molecular weight is 504 g/mol. The molecule has 0 radical (unpaired) electrons. The number of nitrogens with one attached hydrogen (secondary N) is 1. The highest BCUT2D eigenvalue weighted by Gasteiger charge is 2.13. The summed E-state index contributed by atoms with van der Waals surface area (Å²) >= 11 is 5.87. The molecule has 4 aromatic rings. The van der Waals surface area contributed by atoms with Crippen molar-refractivity contribution in [1.82, 2.24) is 14.9 Å². The minimum absolute atomic E-state index is 0.00347. The number of fused-ring (bicyclic) bond motifs is 1. The molecule has 6 heteroatoms. The molecule has 1 N–H and O–H groups in total. The zero-order valence-electron chi connectivity index (χ0n) is 21.3. The van der Waals surface area contributed by atoms with Crippen LogP contribution in [0.2, 0.25) is 5.02 Å². The monoisotopic (exact) mass is 503 g/mol. The zero-order chi connectivity index (χ0) is 25.5. The van der Waals surface area contributed by atoms with E-state index in [0.717, 1.165) is 43.6 Å². The minimum Gasteiger partial charge on any atom is -0.484 e. The molecule has 188 valence electrons. The summed E-state index contributed by atoms with van der Waals surface area (Å²) in [7, 11) is 0. The number of hydrogen-bond acceptors (Lipinski definition) is 3. The molecule has 1 amide bonds. The number of aromatic nitrogens is 2. The second-order valence-electron chi connectivity index (χ2n) is 9.38. The SMILES string of the molecule is Cc1cc(C)c(Cn2c(CCCCCNC(=O)COc3ccc(Cl)cc3)nc3ccccc32)c(C)c1. The quantitative estimate of drug-likeness (QED) is 0.235. The van der Waals surface area contributed by atoms with Gasteiger partial charge in [0.05, 0.1) is 11.0 Å². The van der Waals surface area contributed by atoms with E-state index < -0.39 is 0 Å². The molecule has 0 saturated heterocycles. The number of ether oxygens (including phenoxy) is 1. The second kappa shape index (κ2) is 12.1. The summed E-state index contributed by atoms with van der Waals surface area (Å²) in [4.78, 5) is 17.0. The average Bonchev–Trinajstić information content (AvgIpc) is 3.20. The Bertz CT molecular complexity index is 1310. The van der Waals surface area contributed by atoms with Crippen molar-refractivity contribution in [3.8, 4) is 5.75 Å². The van der Waals surface area contributed by atoms with Crippen LogP contribution in [0, 0.1) is 20.8 Å². The van der Waals surface area contributed by atoms with Gasteiger partial charge in [0.15, 0.2) is 6.61 Å². The summed E-state index contributed by atoms with van der Waals surface area (Å²) in [6, 6.07) is 19.9. The van der Waals surface area contributed by atoms with Gasteiger partial charge in [0.1, 0.15) is 11.6 Å². The highest BCUT2D eigenvalue weighted by molar-refractivity contribution is 6.30. The van der Waals surface area contributed by atoms with Gasteiger partial charge in [0.2, 0.25) is 0 Å². The molecule has 3 aromatic carbocycles. The lowest BCUT2D eigenvalue weighted by atomic mass is 9.99. The third kappa shape index (κ3) is 6.67. The normalized spacial score (nSPS) is 11.1. The van der Waals surface area contributed by atoms with Crippen LogP contribution in [-0.4, -0.2) is 28.6 Å². The van der Waals surface area contributed by atoms with Crippen molar-refractivity contribution >= 4 is 28.5 Å². The van der Waals surface area contributed by atoms with E-state index >= 15 is 0 Å². The van der Waals surface area contributed by atoms with Crippen LogP contribution >= 0.6 is 11.6 Å². The lowest BCUT2D eigenvalue weighted by Crippen LogP contribution is -2.29. The van der Waals surface area contributed by atoms with E-state index in [1.807, 2.05) is 6.07 Å². The number of hydrogen-bond donors (Lipinski definition) is 1. The molecule has 0 aliphatic rings. The highest BCUT2D eigenvalue weighted by atomic mass is 35.5. The molecule has 0 bridgehead atoms. The maximum absolute atomic E-state index is 12.1. The fraction of sp³-hybridized carbons (Fsp3) is 0.333. The van der Waals surface area contributed by atoms with E-state index in [1.54, 1.807) is 24.3 Å². The summed E-state index contributed by atoms with van der Waals surface area (Å²) in [6.45, 7) is 8.02. The van der Waals surface area contributed by atoms with Gasteiger partial charge < -0.3 is 14.6 Å². The van der Waals surface area contributed by atoms with Crippen LogP contribution in [0.5, 0.6) is 5.75 Å². The molecule has 36 heavy (non-hydrogen) atoms. The Kier molecular flexibility index (Phi) is 8.65. The van der Waals surface area contributed by atoms with E-state index in [-0.39, 0.29) is 12.5 Å². The van der Waals surface area contributed by atoms with E-state index in [1.165, 1.54) is 27.8 Å². The molecule has 0 aliphatic heterocycles. The van der Waals surface area contributed by atoms with Crippen molar-refractivity contribution in [3.05, 3.63) is 93.8 Å². The Hall–Kier alpha value is -3.31. The first-order chi connectivity index (χ1) is 17.4. The number of benzene rings is 3. The first-order valence-electron chi connectivity index (χ1n) is 12.6. The van der Waals surface area contributed by atoms with Crippen molar-refractivity contribution in [2.24, 2.45) is 0 Å². The third-order valence-corrected chi connectivity index (χ3v) is 6.73. The molecule has 5 nitrogen and oxygen atoms in total. The van der Waals surface area contributed by atoms with E-state index in [9.17, 15) is 4.79 Å². The number of aryl methyl sites for hydroxylation is 4. The maximum Gasteiger partial charge on any atom is 0.257 e. The number of carbonyl (C=O) groups excluding carboxylic acids is 1.